The third-order valence-corrected chi connectivity index (χ3v) is 6.78. The van der Waals surface area contributed by atoms with Gasteiger partial charge in [0.2, 0.25) is 10.0 Å². The van der Waals surface area contributed by atoms with Gasteiger partial charge in [-0.25, -0.2) is 13.1 Å². The van der Waals surface area contributed by atoms with E-state index in [-0.39, 0.29) is 28.2 Å². The maximum absolute atomic E-state index is 13.0. The summed E-state index contributed by atoms with van der Waals surface area (Å²) in [7, 11) is -0.339. The number of hydrogen-bond donors (Lipinski definition) is 2. The summed E-state index contributed by atoms with van der Waals surface area (Å²) >= 11 is 0. The van der Waals surface area contributed by atoms with Gasteiger partial charge in [-0.05, 0) is 51.2 Å². The molecule has 1 fully saturated rings. The Balaban J connectivity index is 1.87. The van der Waals surface area contributed by atoms with E-state index in [0.717, 1.165) is 31.9 Å². The molecule has 3 rings (SSSR count). The fourth-order valence-corrected chi connectivity index (χ4v) is 4.94. The molecule has 1 aliphatic heterocycles. The van der Waals surface area contributed by atoms with Crippen LogP contribution in [0, 0.1) is 0 Å². The maximum Gasteiger partial charge on any atom is 0.255 e. The predicted octanol–water partition coefficient (Wildman–Crippen LogP) is 2.39. The number of amides is 1. The number of nitrogens with zero attached hydrogens (tertiary/aromatic N) is 2. The van der Waals surface area contributed by atoms with Gasteiger partial charge in [0.05, 0.1) is 18.5 Å². The molecule has 0 atom stereocenters. The summed E-state index contributed by atoms with van der Waals surface area (Å²) in [6, 6.07) is 11.8. The molecule has 2 N–H and O–H groups in total. The second-order valence-corrected chi connectivity index (χ2v) is 9.59. The molecule has 1 heterocycles. The van der Waals surface area contributed by atoms with Crippen LogP contribution in [0.3, 0.4) is 0 Å². The fourth-order valence-electron chi connectivity index (χ4n) is 3.50. The van der Waals surface area contributed by atoms with Crippen molar-refractivity contribution in [3.05, 3.63) is 48.0 Å². The fraction of sp³-hybridized carbons (Fsp3) is 0.409. The van der Waals surface area contributed by atoms with Gasteiger partial charge in [0.25, 0.3) is 5.91 Å². The van der Waals surface area contributed by atoms with Crippen molar-refractivity contribution in [2.24, 2.45) is 0 Å². The molecule has 0 aliphatic carbocycles. The van der Waals surface area contributed by atoms with Crippen LogP contribution in [0.1, 0.15) is 24.2 Å². The van der Waals surface area contributed by atoms with Gasteiger partial charge in [0.15, 0.2) is 0 Å². The highest BCUT2D eigenvalue weighted by Gasteiger charge is 2.23. The molecule has 0 aromatic heterocycles. The van der Waals surface area contributed by atoms with Crippen LogP contribution in [-0.2, 0) is 10.0 Å². The summed E-state index contributed by atoms with van der Waals surface area (Å²) in [4.78, 5) is 17.5. The van der Waals surface area contributed by atoms with Crippen molar-refractivity contribution in [1.82, 2.24) is 9.62 Å². The lowest BCUT2D eigenvalue weighted by Gasteiger charge is -2.35. The molecule has 31 heavy (non-hydrogen) atoms. The Bertz CT molecular complexity index is 1030. The number of anilines is 2. The van der Waals surface area contributed by atoms with Gasteiger partial charge in [0.1, 0.15) is 10.6 Å². The molecule has 8 nitrogen and oxygen atoms in total. The van der Waals surface area contributed by atoms with E-state index in [1.165, 1.54) is 19.2 Å². The number of rotatable bonds is 7. The van der Waals surface area contributed by atoms with Gasteiger partial charge >= 0.3 is 0 Å². The molecule has 9 heteroatoms. The molecule has 0 spiro atoms. The molecular weight excluding hydrogens is 416 g/mol. The van der Waals surface area contributed by atoms with Crippen molar-refractivity contribution in [2.45, 2.75) is 24.8 Å². The molecule has 0 saturated carbocycles. The van der Waals surface area contributed by atoms with E-state index >= 15 is 0 Å². The standard InChI is InChI=1S/C22H30N4O4S/c1-16(2)24-31(28,29)21-15-17(9-10-20(21)30-4)22(27)23-18-7-5-6-8-19(18)26-13-11-25(3)12-14-26/h5-10,15-16,24H,11-14H2,1-4H3,(H,23,27). The first kappa shape index (κ1) is 23.1. The number of carbonyl (C=O) groups is 1. The highest BCUT2D eigenvalue weighted by Crippen LogP contribution is 2.29. The van der Waals surface area contributed by atoms with Crippen molar-refractivity contribution in [3.8, 4) is 5.75 Å². The topological polar surface area (TPSA) is 91.0 Å². The zero-order valence-corrected chi connectivity index (χ0v) is 19.2. The minimum atomic E-state index is -3.83. The Morgan fingerprint density at radius 2 is 1.74 bits per heavy atom. The van der Waals surface area contributed by atoms with Crippen molar-refractivity contribution in [2.75, 3.05) is 50.6 Å². The van der Waals surface area contributed by atoms with E-state index in [2.05, 4.69) is 26.9 Å². The Morgan fingerprint density at radius 3 is 2.39 bits per heavy atom. The summed E-state index contributed by atoms with van der Waals surface area (Å²) in [6.07, 6.45) is 0. The predicted molar refractivity (Wildman–Crippen MR) is 123 cm³/mol. The van der Waals surface area contributed by atoms with Crippen LogP contribution in [0.4, 0.5) is 11.4 Å². The second-order valence-electron chi connectivity index (χ2n) is 7.90. The minimum absolute atomic E-state index is 0.0660. The van der Waals surface area contributed by atoms with Gasteiger partial charge in [-0.3, -0.25) is 4.79 Å². The summed E-state index contributed by atoms with van der Waals surface area (Å²) in [5.41, 5.74) is 1.88. The number of carbonyl (C=O) groups excluding carboxylic acids is 1. The van der Waals surface area contributed by atoms with Crippen molar-refractivity contribution >= 4 is 27.3 Å². The monoisotopic (exact) mass is 446 g/mol. The van der Waals surface area contributed by atoms with Gasteiger partial charge in [0, 0.05) is 37.8 Å². The Labute approximate surface area is 184 Å². The number of para-hydroxylation sites is 2. The number of likely N-dealkylation sites (N-methyl/N-ethyl adjacent to an activating group) is 1. The molecule has 0 unspecified atom stereocenters. The summed E-state index contributed by atoms with van der Waals surface area (Å²) in [6.45, 7) is 7.10. The first-order chi connectivity index (χ1) is 14.7. The maximum atomic E-state index is 13.0. The third-order valence-electron chi connectivity index (χ3n) is 5.10. The number of methoxy groups -OCH3 is 1. The second kappa shape index (κ2) is 9.67. The average Bonchev–Trinajstić information content (AvgIpc) is 2.73. The molecule has 1 amide bonds. The lowest BCUT2D eigenvalue weighted by Crippen LogP contribution is -2.44. The quantitative estimate of drug-likeness (QED) is 0.679. The summed E-state index contributed by atoms with van der Waals surface area (Å²) < 4.78 is 33.2. The SMILES string of the molecule is COc1ccc(C(=O)Nc2ccccc2N2CCN(C)CC2)cc1S(=O)(=O)NC(C)C. The lowest BCUT2D eigenvalue weighted by molar-refractivity contribution is 0.102. The molecule has 0 bridgehead atoms. The molecule has 1 saturated heterocycles. The number of sulfonamides is 1. The molecule has 0 radical (unpaired) electrons. The average molecular weight is 447 g/mol. The van der Waals surface area contributed by atoms with Crippen LogP contribution >= 0.6 is 0 Å². The molecule has 1 aliphatic rings. The first-order valence-electron chi connectivity index (χ1n) is 10.3. The molecule has 2 aromatic carbocycles. The smallest absolute Gasteiger partial charge is 0.255 e. The largest absolute Gasteiger partial charge is 0.495 e. The zero-order chi connectivity index (χ0) is 22.6. The van der Waals surface area contributed by atoms with E-state index < -0.39 is 10.0 Å². The van der Waals surface area contributed by atoms with Crippen LogP contribution in [0.25, 0.3) is 0 Å². The van der Waals surface area contributed by atoms with Gasteiger partial charge < -0.3 is 19.9 Å². The van der Waals surface area contributed by atoms with Crippen LogP contribution in [-0.4, -0.2) is 65.6 Å². The first-order valence-corrected chi connectivity index (χ1v) is 11.7. The third kappa shape index (κ3) is 5.55. The van der Waals surface area contributed by atoms with Gasteiger partial charge in [-0.2, -0.15) is 0 Å². The minimum Gasteiger partial charge on any atom is -0.495 e. The van der Waals surface area contributed by atoms with Gasteiger partial charge in [-0.1, -0.05) is 12.1 Å². The van der Waals surface area contributed by atoms with Crippen LogP contribution in [0.5, 0.6) is 5.75 Å². The number of nitrogens with one attached hydrogen (secondary N) is 2. The van der Waals surface area contributed by atoms with E-state index in [1.807, 2.05) is 24.3 Å². The Morgan fingerprint density at radius 1 is 1.06 bits per heavy atom. The molecule has 168 valence electrons. The Kier molecular flexibility index (Phi) is 7.19. The van der Waals surface area contributed by atoms with Crippen molar-refractivity contribution in [1.29, 1.82) is 0 Å². The van der Waals surface area contributed by atoms with E-state index in [0.29, 0.717) is 5.69 Å². The lowest BCUT2D eigenvalue weighted by atomic mass is 10.1. The van der Waals surface area contributed by atoms with Crippen LogP contribution < -0.4 is 19.7 Å². The number of hydrogen-bond acceptors (Lipinski definition) is 6. The van der Waals surface area contributed by atoms with Gasteiger partial charge in [-0.15, -0.1) is 0 Å². The van der Waals surface area contributed by atoms with Crippen LogP contribution in [0.15, 0.2) is 47.4 Å². The van der Waals surface area contributed by atoms with Crippen LogP contribution in [0.2, 0.25) is 0 Å². The highest BCUT2D eigenvalue weighted by atomic mass is 32.2. The molecular formula is C22H30N4O4S. The zero-order valence-electron chi connectivity index (χ0n) is 18.4. The summed E-state index contributed by atoms with van der Waals surface area (Å²) in [5, 5.41) is 2.94. The van der Waals surface area contributed by atoms with E-state index in [4.69, 9.17) is 4.74 Å². The number of piperazine rings is 1. The van der Waals surface area contributed by atoms with Crippen molar-refractivity contribution < 1.29 is 17.9 Å². The number of ether oxygens (including phenoxy) is 1. The normalized spacial score (nSPS) is 15.2. The number of benzene rings is 2. The van der Waals surface area contributed by atoms with E-state index in [1.54, 1.807) is 19.9 Å². The Hall–Kier alpha value is -2.62. The highest BCUT2D eigenvalue weighted by molar-refractivity contribution is 7.89. The van der Waals surface area contributed by atoms with E-state index in [9.17, 15) is 13.2 Å². The molecule has 2 aromatic rings. The van der Waals surface area contributed by atoms with Crippen molar-refractivity contribution in [3.63, 3.8) is 0 Å². The summed E-state index contributed by atoms with van der Waals surface area (Å²) in [5.74, 6) is -0.201.